The van der Waals surface area contributed by atoms with Crippen LogP contribution in [0.15, 0.2) is 27.5 Å². The van der Waals surface area contributed by atoms with Gasteiger partial charge >= 0.3 is 0 Å². The third kappa shape index (κ3) is 3.84. The van der Waals surface area contributed by atoms with Crippen molar-refractivity contribution in [3.63, 3.8) is 0 Å². The van der Waals surface area contributed by atoms with E-state index >= 15 is 0 Å². The second-order valence-corrected chi connectivity index (χ2v) is 4.73. The predicted octanol–water partition coefficient (Wildman–Crippen LogP) is 3.41. The quantitative estimate of drug-likeness (QED) is 0.783. The van der Waals surface area contributed by atoms with Crippen LogP contribution in [-0.4, -0.2) is 9.55 Å². The molecule has 1 aromatic heterocycles. The van der Waals surface area contributed by atoms with E-state index in [1.54, 1.807) is 7.05 Å². The van der Waals surface area contributed by atoms with E-state index in [0.29, 0.717) is 16.6 Å². The van der Waals surface area contributed by atoms with Crippen LogP contribution in [0.25, 0.3) is 6.08 Å². The summed E-state index contributed by atoms with van der Waals surface area (Å²) in [5, 5.41) is 0.715. The van der Waals surface area contributed by atoms with Crippen molar-refractivity contribution in [3.05, 3.63) is 44.6 Å². The van der Waals surface area contributed by atoms with Gasteiger partial charge in [-0.2, -0.15) is 0 Å². The Morgan fingerprint density at radius 3 is 2.83 bits per heavy atom. The van der Waals surface area contributed by atoms with Gasteiger partial charge in [0.2, 0.25) is 0 Å². The molecule has 1 rings (SSSR count). The molecule has 0 saturated carbocycles. The summed E-state index contributed by atoms with van der Waals surface area (Å²) in [5.74, 6) is 0.626. The van der Waals surface area contributed by atoms with Crippen LogP contribution in [0.4, 0.5) is 0 Å². The number of aromatic nitrogens is 2. The zero-order chi connectivity index (χ0) is 13.7. The van der Waals surface area contributed by atoms with E-state index in [1.807, 2.05) is 26.0 Å². The second-order valence-electron chi connectivity index (χ2n) is 4.32. The minimum absolute atomic E-state index is 0.0600. The molecular formula is C14H19ClN2O. The molecule has 0 radical (unpaired) electrons. The summed E-state index contributed by atoms with van der Waals surface area (Å²) in [4.78, 5) is 16.0. The summed E-state index contributed by atoms with van der Waals surface area (Å²) in [6, 6.07) is 1.52. The van der Waals surface area contributed by atoms with Gasteiger partial charge in [-0.25, -0.2) is 4.98 Å². The summed E-state index contributed by atoms with van der Waals surface area (Å²) >= 11 is 6.17. The molecule has 0 saturated heterocycles. The molecule has 0 atom stereocenters. The van der Waals surface area contributed by atoms with Gasteiger partial charge in [0, 0.05) is 23.8 Å². The molecule has 0 N–H and O–H groups in total. The lowest BCUT2D eigenvalue weighted by molar-refractivity contribution is 0.798. The molecule has 98 valence electrons. The molecule has 1 heterocycles. The second kappa shape index (κ2) is 6.55. The van der Waals surface area contributed by atoms with Crippen molar-refractivity contribution in [1.82, 2.24) is 9.55 Å². The molecule has 0 aliphatic carbocycles. The minimum Gasteiger partial charge on any atom is -0.296 e. The van der Waals surface area contributed by atoms with Gasteiger partial charge in [0.15, 0.2) is 0 Å². The Bertz CT molecular complexity index is 541. The maximum absolute atomic E-state index is 11.6. The van der Waals surface area contributed by atoms with Crippen molar-refractivity contribution in [2.75, 3.05) is 0 Å². The highest BCUT2D eigenvalue weighted by molar-refractivity contribution is 6.32. The minimum atomic E-state index is -0.0600. The van der Waals surface area contributed by atoms with Crippen molar-refractivity contribution in [2.45, 2.75) is 33.6 Å². The van der Waals surface area contributed by atoms with Crippen LogP contribution in [0, 0.1) is 6.92 Å². The highest BCUT2D eigenvalue weighted by Gasteiger charge is 2.03. The SMILES string of the molecule is CCC/C=C(Cl)/C(C)=C\c1nc(C)cc(=O)n1C. The number of unbranched alkanes of at least 4 members (excludes halogenated alkanes) is 1. The van der Waals surface area contributed by atoms with Gasteiger partial charge in [0.05, 0.1) is 0 Å². The third-order valence-corrected chi connectivity index (χ3v) is 3.08. The fraction of sp³-hybridized carbons (Fsp3) is 0.429. The molecule has 0 amide bonds. The van der Waals surface area contributed by atoms with Gasteiger partial charge in [-0.15, -0.1) is 0 Å². The maximum atomic E-state index is 11.6. The standard InChI is InChI=1S/C14H19ClN2O/c1-5-6-7-12(15)10(2)8-13-16-11(3)9-14(18)17(13)4/h7-9H,5-6H2,1-4H3/b10-8-,12-7-. The first-order chi connectivity index (χ1) is 8.45. The lowest BCUT2D eigenvalue weighted by Gasteiger charge is -2.05. The highest BCUT2D eigenvalue weighted by atomic mass is 35.5. The summed E-state index contributed by atoms with van der Waals surface area (Å²) in [7, 11) is 1.71. The van der Waals surface area contributed by atoms with Crippen LogP contribution in [0.2, 0.25) is 0 Å². The number of hydrogen-bond donors (Lipinski definition) is 0. The lowest BCUT2D eigenvalue weighted by Crippen LogP contribution is -2.20. The summed E-state index contributed by atoms with van der Waals surface area (Å²) in [5.41, 5.74) is 1.57. The van der Waals surface area contributed by atoms with E-state index in [2.05, 4.69) is 11.9 Å². The molecule has 0 fully saturated rings. The third-order valence-electron chi connectivity index (χ3n) is 2.63. The smallest absolute Gasteiger partial charge is 0.253 e. The summed E-state index contributed by atoms with van der Waals surface area (Å²) in [6.45, 7) is 5.83. The monoisotopic (exact) mass is 266 g/mol. The van der Waals surface area contributed by atoms with E-state index < -0.39 is 0 Å². The van der Waals surface area contributed by atoms with E-state index in [-0.39, 0.29) is 5.56 Å². The Labute approximate surface area is 113 Å². The fourth-order valence-corrected chi connectivity index (χ4v) is 1.66. The lowest BCUT2D eigenvalue weighted by atomic mass is 10.2. The van der Waals surface area contributed by atoms with Gasteiger partial charge in [0.1, 0.15) is 5.82 Å². The molecule has 0 aromatic carbocycles. The van der Waals surface area contributed by atoms with Gasteiger partial charge in [-0.05, 0) is 31.9 Å². The van der Waals surface area contributed by atoms with E-state index in [9.17, 15) is 4.79 Å². The molecule has 0 unspecified atom stereocenters. The molecule has 3 nitrogen and oxygen atoms in total. The predicted molar refractivity (Wildman–Crippen MR) is 76.7 cm³/mol. The molecule has 4 heteroatoms. The van der Waals surface area contributed by atoms with Crippen LogP contribution in [0.3, 0.4) is 0 Å². The Morgan fingerprint density at radius 1 is 1.56 bits per heavy atom. The van der Waals surface area contributed by atoms with Crippen molar-refractivity contribution >= 4 is 17.7 Å². The van der Waals surface area contributed by atoms with Crippen molar-refractivity contribution < 1.29 is 0 Å². The van der Waals surface area contributed by atoms with Crippen LogP contribution in [0.1, 0.15) is 38.2 Å². The van der Waals surface area contributed by atoms with Crippen molar-refractivity contribution in [1.29, 1.82) is 0 Å². The Kier molecular flexibility index (Phi) is 5.35. The van der Waals surface area contributed by atoms with Gasteiger partial charge in [-0.3, -0.25) is 9.36 Å². The average Bonchev–Trinajstić information content (AvgIpc) is 2.32. The largest absolute Gasteiger partial charge is 0.296 e. The van der Waals surface area contributed by atoms with Crippen molar-refractivity contribution in [3.8, 4) is 0 Å². The Balaban J connectivity index is 3.13. The molecule has 0 aliphatic heterocycles. The number of rotatable bonds is 4. The Morgan fingerprint density at radius 2 is 2.22 bits per heavy atom. The van der Waals surface area contributed by atoms with Crippen molar-refractivity contribution in [2.24, 2.45) is 7.05 Å². The first kappa shape index (κ1) is 14.7. The van der Waals surface area contributed by atoms with E-state index in [4.69, 9.17) is 11.6 Å². The van der Waals surface area contributed by atoms with Crippen LogP contribution >= 0.6 is 11.6 Å². The number of allylic oxidation sites excluding steroid dienone is 3. The van der Waals surface area contributed by atoms with E-state index in [0.717, 1.165) is 18.4 Å². The number of nitrogens with zero attached hydrogens (tertiary/aromatic N) is 2. The Hall–Kier alpha value is -1.35. The van der Waals surface area contributed by atoms with Gasteiger partial charge in [0.25, 0.3) is 5.56 Å². The first-order valence-corrected chi connectivity index (χ1v) is 6.42. The normalized spacial score (nSPS) is 12.9. The zero-order valence-electron chi connectivity index (χ0n) is 11.3. The van der Waals surface area contributed by atoms with Crippen LogP contribution < -0.4 is 5.56 Å². The van der Waals surface area contributed by atoms with Gasteiger partial charge < -0.3 is 0 Å². The molecule has 18 heavy (non-hydrogen) atoms. The van der Waals surface area contributed by atoms with Crippen LogP contribution in [-0.2, 0) is 7.05 Å². The number of halogens is 1. The maximum Gasteiger partial charge on any atom is 0.253 e. The topological polar surface area (TPSA) is 34.9 Å². The number of aryl methyl sites for hydroxylation is 1. The molecule has 0 aliphatic rings. The van der Waals surface area contributed by atoms with Gasteiger partial charge in [-0.1, -0.05) is 31.0 Å². The first-order valence-electron chi connectivity index (χ1n) is 6.04. The van der Waals surface area contributed by atoms with Crippen LogP contribution in [0.5, 0.6) is 0 Å². The average molecular weight is 267 g/mol. The molecular weight excluding hydrogens is 248 g/mol. The summed E-state index contributed by atoms with van der Waals surface area (Å²) in [6.07, 6.45) is 5.83. The highest BCUT2D eigenvalue weighted by Crippen LogP contribution is 2.17. The fourth-order valence-electron chi connectivity index (χ4n) is 1.50. The molecule has 1 aromatic rings. The molecule has 0 spiro atoms. The number of hydrogen-bond acceptors (Lipinski definition) is 2. The molecule has 0 bridgehead atoms. The summed E-state index contributed by atoms with van der Waals surface area (Å²) < 4.78 is 1.51. The zero-order valence-corrected chi connectivity index (χ0v) is 12.1. The van der Waals surface area contributed by atoms with E-state index in [1.165, 1.54) is 10.6 Å².